The highest BCUT2D eigenvalue weighted by atomic mass is 79.9. The van der Waals surface area contributed by atoms with Crippen molar-refractivity contribution in [1.29, 1.82) is 0 Å². The molecule has 0 spiro atoms. The van der Waals surface area contributed by atoms with Crippen molar-refractivity contribution in [3.63, 3.8) is 0 Å². The fraction of sp³-hybridized carbons (Fsp3) is 0.214. The van der Waals surface area contributed by atoms with Crippen LogP contribution in [0.5, 0.6) is 11.5 Å². The summed E-state index contributed by atoms with van der Waals surface area (Å²) in [5, 5.41) is 21.7. The molecule has 1 saturated heterocycles. The third-order valence-electron chi connectivity index (χ3n) is 6.23. The standard InChI is InChI=1S/C28H26BrNO5/c1-15(2)17-5-9-20(10-6-17)30-25(18-8-12-23(35-4)22(31)14-18)24(27(33)28(30)34)26(32)19-7-11-21(29)16(3)13-19/h5-15,25,31-32H,1-4H3/b26-24-. The van der Waals surface area contributed by atoms with Crippen LogP contribution in [0.25, 0.3) is 5.76 Å². The normalized spacial score (nSPS) is 17.3. The van der Waals surface area contributed by atoms with Crippen LogP contribution in [0, 0.1) is 6.92 Å². The Labute approximate surface area is 212 Å². The van der Waals surface area contributed by atoms with Crippen LogP contribution in [0.2, 0.25) is 0 Å². The number of ether oxygens (including phenoxy) is 1. The quantitative estimate of drug-likeness (QED) is 0.230. The molecule has 1 heterocycles. The number of nitrogens with zero attached hydrogens (tertiary/aromatic N) is 1. The highest BCUT2D eigenvalue weighted by Gasteiger charge is 2.47. The van der Waals surface area contributed by atoms with Crippen LogP contribution in [0.1, 0.15) is 48.1 Å². The molecular weight excluding hydrogens is 510 g/mol. The molecule has 180 valence electrons. The van der Waals surface area contributed by atoms with E-state index < -0.39 is 17.7 Å². The van der Waals surface area contributed by atoms with E-state index in [1.54, 1.807) is 42.5 Å². The van der Waals surface area contributed by atoms with Crippen LogP contribution in [-0.2, 0) is 9.59 Å². The molecule has 0 saturated carbocycles. The van der Waals surface area contributed by atoms with Gasteiger partial charge in [-0.05, 0) is 65.9 Å². The third-order valence-corrected chi connectivity index (χ3v) is 7.12. The Hall–Kier alpha value is -3.58. The Kier molecular flexibility index (Phi) is 6.72. The number of phenolic OH excluding ortho intramolecular Hbond substituents is 1. The van der Waals surface area contributed by atoms with Gasteiger partial charge in [-0.15, -0.1) is 0 Å². The van der Waals surface area contributed by atoms with Crippen molar-refractivity contribution in [2.24, 2.45) is 0 Å². The Balaban J connectivity index is 1.94. The summed E-state index contributed by atoms with van der Waals surface area (Å²) in [6.45, 7) is 6.01. The highest BCUT2D eigenvalue weighted by Crippen LogP contribution is 2.44. The largest absolute Gasteiger partial charge is 0.507 e. The van der Waals surface area contributed by atoms with Gasteiger partial charge in [0, 0.05) is 15.7 Å². The minimum Gasteiger partial charge on any atom is -0.507 e. The van der Waals surface area contributed by atoms with E-state index in [1.807, 2.05) is 19.1 Å². The average molecular weight is 536 g/mol. The van der Waals surface area contributed by atoms with E-state index in [0.717, 1.165) is 15.6 Å². The van der Waals surface area contributed by atoms with Crippen LogP contribution >= 0.6 is 15.9 Å². The fourth-order valence-corrected chi connectivity index (χ4v) is 4.51. The van der Waals surface area contributed by atoms with Crippen molar-refractivity contribution in [1.82, 2.24) is 0 Å². The number of methoxy groups -OCH3 is 1. The number of carbonyl (C=O) groups is 2. The van der Waals surface area contributed by atoms with E-state index in [1.165, 1.54) is 18.1 Å². The van der Waals surface area contributed by atoms with Gasteiger partial charge in [0.15, 0.2) is 11.5 Å². The van der Waals surface area contributed by atoms with Gasteiger partial charge in [-0.1, -0.05) is 54.0 Å². The van der Waals surface area contributed by atoms with Gasteiger partial charge in [-0.3, -0.25) is 14.5 Å². The van der Waals surface area contributed by atoms with Gasteiger partial charge < -0.3 is 14.9 Å². The minimum atomic E-state index is -0.944. The zero-order valence-corrected chi connectivity index (χ0v) is 21.5. The van der Waals surface area contributed by atoms with E-state index in [-0.39, 0.29) is 22.8 Å². The first-order valence-electron chi connectivity index (χ1n) is 11.2. The molecule has 35 heavy (non-hydrogen) atoms. The van der Waals surface area contributed by atoms with E-state index in [0.29, 0.717) is 22.7 Å². The number of ketones is 1. The number of benzene rings is 3. The van der Waals surface area contributed by atoms with Gasteiger partial charge >= 0.3 is 0 Å². The first kappa shape index (κ1) is 24.5. The van der Waals surface area contributed by atoms with E-state index in [9.17, 15) is 19.8 Å². The number of hydrogen-bond acceptors (Lipinski definition) is 5. The Bertz CT molecular complexity index is 1340. The van der Waals surface area contributed by atoms with Gasteiger partial charge in [0.05, 0.1) is 18.7 Å². The van der Waals surface area contributed by atoms with Crippen molar-refractivity contribution in [3.05, 3.63) is 93.0 Å². The molecule has 0 radical (unpaired) electrons. The molecule has 2 N–H and O–H groups in total. The van der Waals surface area contributed by atoms with Crippen LogP contribution < -0.4 is 9.64 Å². The molecule has 3 aromatic rings. The maximum Gasteiger partial charge on any atom is 0.300 e. The summed E-state index contributed by atoms with van der Waals surface area (Å²) in [5.41, 5.74) is 3.31. The number of hydrogen-bond donors (Lipinski definition) is 2. The lowest BCUT2D eigenvalue weighted by molar-refractivity contribution is -0.132. The maximum absolute atomic E-state index is 13.3. The first-order chi connectivity index (χ1) is 16.6. The molecule has 1 fully saturated rings. The second-order valence-electron chi connectivity index (χ2n) is 8.81. The van der Waals surface area contributed by atoms with Crippen LogP contribution in [0.4, 0.5) is 5.69 Å². The van der Waals surface area contributed by atoms with Gasteiger partial charge in [-0.25, -0.2) is 0 Å². The second-order valence-corrected chi connectivity index (χ2v) is 9.66. The molecule has 7 heteroatoms. The Morgan fingerprint density at radius 2 is 1.71 bits per heavy atom. The summed E-state index contributed by atoms with van der Waals surface area (Å²) in [5.74, 6) is -1.40. The summed E-state index contributed by atoms with van der Waals surface area (Å²) in [4.78, 5) is 28.0. The van der Waals surface area contributed by atoms with Gasteiger partial charge in [0.2, 0.25) is 0 Å². The zero-order valence-electron chi connectivity index (χ0n) is 19.9. The number of aromatic hydroxyl groups is 1. The number of amides is 1. The molecular formula is C28H26BrNO5. The number of Topliss-reactive ketones (excluding diaryl/α,β-unsaturated/α-hetero) is 1. The van der Waals surface area contributed by atoms with Crippen molar-refractivity contribution >= 4 is 39.1 Å². The Morgan fingerprint density at radius 3 is 2.29 bits per heavy atom. The second kappa shape index (κ2) is 9.58. The van der Waals surface area contributed by atoms with Crippen molar-refractivity contribution in [2.75, 3.05) is 12.0 Å². The van der Waals surface area contributed by atoms with Crippen molar-refractivity contribution in [2.45, 2.75) is 32.7 Å². The molecule has 0 bridgehead atoms. The molecule has 4 rings (SSSR count). The molecule has 1 unspecified atom stereocenters. The van der Waals surface area contributed by atoms with Gasteiger partial charge in [-0.2, -0.15) is 0 Å². The number of halogens is 1. The monoisotopic (exact) mass is 535 g/mol. The third kappa shape index (κ3) is 4.44. The summed E-state index contributed by atoms with van der Waals surface area (Å²) in [7, 11) is 1.44. The van der Waals surface area contributed by atoms with Crippen molar-refractivity contribution in [3.8, 4) is 11.5 Å². The molecule has 6 nitrogen and oxygen atoms in total. The van der Waals surface area contributed by atoms with Crippen LogP contribution in [-0.4, -0.2) is 29.0 Å². The molecule has 1 aliphatic rings. The molecule has 0 aromatic heterocycles. The zero-order chi connectivity index (χ0) is 25.4. The van der Waals surface area contributed by atoms with Crippen LogP contribution in [0.15, 0.2) is 70.7 Å². The number of aliphatic hydroxyl groups is 1. The van der Waals surface area contributed by atoms with E-state index in [4.69, 9.17) is 4.74 Å². The van der Waals surface area contributed by atoms with E-state index in [2.05, 4.69) is 29.8 Å². The lowest BCUT2D eigenvalue weighted by Crippen LogP contribution is -2.29. The molecule has 1 amide bonds. The lowest BCUT2D eigenvalue weighted by Gasteiger charge is -2.26. The fourth-order valence-electron chi connectivity index (χ4n) is 4.26. The smallest absolute Gasteiger partial charge is 0.300 e. The van der Waals surface area contributed by atoms with Gasteiger partial charge in [0.1, 0.15) is 5.76 Å². The number of aryl methyl sites for hydroxylation is 1. The molecule has 0 aliphatic carbocycles. The summed E-state index contributed by atoms with van der Waals surface area (Å²) in [6.07, 6.45) is 0. The Morgan fingerprint density at radius 1 is 1.03 bits per heavy atom. The number of phenols is 1. The average Bonchev–Trinajstić information content (AvgIpc) is 3.10. The first-order valence-corrected chi connectivity index (χ1v) is 12.0. The maximum atomic E-state index is 13.3. The highest BCUT2D eigenvalue weighted by molar-refractivity contribution is 9.10. The number of aliphatic hydroxyl groups excluding tert-OH is 1. The summed E-state index contributed by atoms with van der Waals surface area (Å²) >= 11 is 3.44. The summed E-state index contributed by atoms with van der Waals surface area (Å²) in [6, 6.07) is 16.4. The minimum absolute atomic E-state index is 0.0470. The lowest BCUT2D eigenvalue weighted by atomic mass is 9.94. The predicted octanol–water partition coefficient (Wildman–Crippen LogP) is 6.22. The molecule has 3 aromatic carbocycles. The molecule has 1 aliphatic heterocycles. The topological polar surface area (TPSA) is 87.1 Å². The van der Waals surface area contributed by atoms with Gasteiger partial charge in [0.25, 0.3) is 11.7 Å². The number of rotatable bonds is 5. The SMILES string of the molecule is COc1ccc(C2/C(=C(/O)c3ccc(Br)c(C)c3)C(=O)C(=O)N2c2ccc(C(C)C)cc2)cc1O. The summed E-state index contributed by atoms with van der Waals surface area (Å²) < 4.78 is 6.01. The predicted molar refractivity (Wildman–Crippen MR) is 139 cm³/mol. The molecule has 1 atom stereocenters. The van der Waals surface area contributed by atoms with Crippen LogP contribution in [0.3, 0.4) is 0 Å². The van der Waals surface area contributed by atoms with E-state index >= 15 is 0 Å². The number of carbonyl (C=O) groups excluding carboxylic acids is 2. The number of anilines is 1. The van der Waals surface area contributed by atoms with Crippen molar-refractivity contribution < 1.29 is 24.5 Å².